The summed E-state index contributed by atoms with van der Waals surface area (Å²) < 4.78 is 5.55. The molecule has 2 nitrogen and oxygen atoms in total. The minimum Gasteiger partial charge on any atom is -0.385 e. The van der Waals surface area contributed by atoms with Gasteiger partial charge in [0, 0.05) is 6.61 Å². The van der Waals surface area contributed by atoms with E-state index in [1.54, 1.807) is 0 Å². The minimum atomic E-state index is -0.585. The summed E-state index contributed by atoms with van der Waals surface area (Å²) in [5.41, 5.74) is 1.50. The van der Waals surface area contributed by atoms with Crippen molar-refractivity contribution in [2.45, 2.75) is 39.4 Å². The fraction of sp³-hybridized carbons (Fsp3) is 0.538. The third kappa shape index (κ3) is 2.80. The predicted molar refractivity (Wildman–Crippen MR) is 61.8 cm³/mol. The number of benzene rings is 1. The topological polar surface area (TPSA) is 29.5 Å². The van der Waals surface area contributed by atoms with Crippen molar-refractivity contribution in [1.29, 1.82) is 0 Å². The first-order valence-corrected chi connectivity index (χ1v) is 5.36. The molecule has 0 saturated carbocycles. The number of aliphatic hydroxyl groups is 1. The summed E-state index contributed by atoms with van der Waals surface area (Å²) in [4.78, 5) is 0. The van der Waals surface area contributed by atoms with Crippen molar-refractivity contribution in [3.8, 4) is 0 Å². The molecule has 0 saturated heterocycles. The fourth-order valence-corrected chi connectivity index (χ4v) is 1.72. The summed E-state index contributed by atoms with van der Waals surface area (Å²) in [6, 6.07) is 7.86. The van der Waals surface area contributed by atoms with Gasteiger partial charge in [0.2, 0.25) is 0 Å². The maximum atomic E-state index is 10.2. The van der Waals surface area contributed by atoms with Gasteiger partial charge in [0.1, 0.15) is 6.10 Å². The van der Waals surface area contributed by atoms with Gasteiger partial charge < -0.3 is 9.84 Å². The summed E-state index contributed by atoms with van der Waals surface area (Å²) in [7, 11) is 0. The quantitative estimate of drug-likeness (QED) is 0.824. The Morgan fingerprint density at radius 3 is 2.47 bits per heavy atom. The normalized spacial score (nSPS) is 13.9. The van der Waals surface area contributed by atoms with Gasteiger partial charge in [-0.15, -0.1) is 0 Å². The first kappa shape index (κ1) is 12.2. The van der Waals surface area contributed by atoms with E-state index in [2.05, 4.69) is 0 Å². The van der Waals surface area contributed by atoms with E-state index in [4.69, 9.17) is 4.74 Å². The van der Waals surface area contributed by atoms with Crippen molar-refractivity contribution in [3.05, 3.63) is 35.4 Å². The number of ether oxygens (including phenoxy) is 1. The van der Waals surface area contributed by atoms with E-state index in [1.807, 2.05) is 52.0 Å². The second kappa shape index (κ2) is 4.77. The van der Waals surface area contributed by atoms with Crippen LogP contribution in [0.5, 0.6) is 0 Å². The second-order valence-electron chi connectivity index (χ2n) is 4.30. The monoisotopic (exact) mass is 208 g/mol. The largest absolute Gasteiger partial charge is 0.385 e. The second-order valence-corrected chi connectivity index (χ2v) is 4.30. The molecular weight excluding hydrogens is 188 g/mol. The molecule has 15 heavy (non-hydrogen) atoms. The highest BCUT2D eigenvalue weighted by atomic mass is 16.5. The van der Waals surface area contributed by atoms with Crippen LogP contribution in [0.25, 0.3) is 0 Å². The predicted octanol–water partition coefficient (Wildman–Crippen LogP) is 2.84. The number of hydrogen-bond acceptors (Lipinski definition) is 2. The average Bonchev–Trinajstić information content (AvgIpc) is 2.17. The van der Waals surface area contributed by atoms with Crippen LogP contribution in [0.15, 0.2) is 24.3 Å². The van der Waals surface area contributed by atoms with Crippen LogP contribution in [0.1, 0.15) is 38.0 Å². The standard InChI is InChI=1S/C13H20O2/c1-5-15-13(3,4)12(14)11-9-7-6-8-10(11)2/h6-9,12,14H,5H2,1-4H3. The molecule has 1 aromatic rings. The lowest BCUT2D eigenvalue weighted by molar-refractivity contribution is -0.0985. The molecule has 0 spiro atoms. The van der Waals surface area contributed by atoms with Gasteiger partial charge in [0.25, 0.3) is 0 Å². The molecule has 0 aliphatic heterocycles. The molecule has 1 atom stereocenters. The Kier molecular flexibility index (Phi) is 3.89. The number of aryl methyl sites for hydroxylation is 1. The first-order valence-electron chi connectivity index (χ1n) is 5.36. The van der Waals surface area contributed by atoms with Gasteiger partial charge >= 0.3 is 0 Å². The number of aliphatic hydroxyl groups excluding tert-OH is 1. The SMILES string of the molecule is CCOC(C)(C)C(O)c1ccccc1C. The zero-order valence-corrected chi connectivity index (χ0v) is 9.95. The van der Waals surface area contributed by atoms with Crippen molar-refractivity contribution in [2.75, 3.05) is 6.61 Å². The summed E-state index contributed by atoms with van der Waals surface area (Å²) in [5, 5.41) is 10.2. The zero-order valence-electron chi connectivity index (χ0n) is 9.95. The third-order valence-electron chi connectivity index (χ3n) is 2.66. The Morgan fingerprint density at radius 2 is 1.93 bits per heavy atom. The van der Waals surface area contributed by atoms with Gasteiger partial charge in [0.15, 0.2) is 0 Å². The highest BCUT2D eigenvalue weighted by molar-refractivity contribution is 5.29. The van der Waals surface area contributed by atoms with E-state index in [9.17, 15) is 5.11 Å². The molecule has 2 heteroatoms. The third-order valence-corrected chi connectivity index (χ3v) is 2.66. The van der Waals surface area contributed by atoms with E-state index in [-0.39, 0.29) is 0 Å². The van der Waals surface area contributed by atoms with Crippen LogP contribution < -0.4 is 0 Å². The van der Waals surface area contributed by atoms with Gasteiger partial charge in [-0.1, -0.05) is 24.3 Å². The smallest absolute Gasteiger partial charge is 0.108 e. The fourth-order valence-electron chi connectivity index (χ4n) is 1.72. The Hall–Kier alpha value is -0.860. The molecule has 0 amide bonds. The van der Waals surface area contributed by atoms with Crippen LogP contribution in [0.2, 0.25) is 0 Å². The first-order chi connectivity index (χ1) is 6.99. The summed E-state index contributed by atoms with van der Waals surface area (Å²) in [5.74, 6) is 0. The van der Waals surface area contributed by atoms with Gasteiger partial charge in [-0.25, -0.2) is 0 Å². The highest BCUT2D eigenvalue weighted by Gasteiger charge is 2.30. The van der Waals surface area contributed by atoms with Crippen LogP contribution in [-0.2, 0) is 4.74 Å². The van der Waals surface area contributed by atoms with Crippen molar-refractivity contribution in [1.82, 2.24) is 0 Å². The van der Waals surface area contributed by atoms with Crippen molar-refractivity contribution in [2.24, 2.45) is 0 Å². The lowest BCUT2D eigenvalue weighted by Gasteiger charge is -2.31. The molecule has 0 aromatic heterocycles. The van der Waals surface area contributed by atoms with Gasteiger partial charge in [-0.3, -0.25) is 0 Å². The van der Waals surface area contributed by atoms with Crippen LogP contribution in [-0.4, -0.2) is 17.3 Å². The molecular formula is C13H20O2. The van der Waals surface area contributed by atoms with Gasteiger partial charge in [-0.05, 0) is 38.8 Å². The Balaban J connectivity index is 2.93. The molecule has 1 aromatic carbocycles. The number of hydrogen-bond donors (Lipinski definition) is 1. The van der Waals surface area contributed by atoms with E-state index in [1.165, 1.54) is 0 Å². The van der Waals surface area contributed by atoms with E-state index < -0.39 is 11.7 Å². The molecule has 0 radical (unpaired) electrons. The molecule has 84 valence electrons. The summed E-state index contributed by atoms with van der Waals surface area (Å²) in [6.07, 6.45) is -0.585. The Labute approximate surface area is 91.9 Å². The lowest BCUT2D eigenvalue weighted by Crippen LogP contribution is -2.33. The summed E-state index contributed by atoms with van der Waals surface area (Å²) in [6.45, 7) is 8.37. The zero-order chi connectivity index (χ0) is 11.5. The molecule has 0 aliphatic carbocycles. The minimum absolute atomic E-state index is 0.541. The van der Waals surface area contributed by atoms with Crippen LogP contribution in [0.4, 0.5) is 0 Å². The lowest BCUT2D eigenvalue weighted by atomic mass is 9.92. The summed E-state index contributed by atoms with van der Waals surface area (Å²) >= 11 is 0. The molecule has 0 heterocycles. The maximum Gasteiger partial charge on any atom is 0.108 e. The van der Waals surface area contributed by atoms with Crippen molar-refractivity contribution < 1.29 is 9.84 Å². The number of rotatable bonds is 4. The Bertz CT molecular complexity index is 318. The highest BCUT2D eigenvalue weighted by Crippen LogP contribution is 2.30. The maximum absolute atomic E-state index is 10.2. The average molecular weight is 208 g/mol. The molecule has 1 N–H and O–H groups in total. The van der Waals surface area contributed by atoms with E-state index in [0.29, 0.717) is 6.61 Å². The van der Waals surface area contributed by atoms with E-state index >= 15 is 0 Å². The van der Waals surface area contributed by atoms with E-state index in [0.717, 1.165) is 11.1 Å². The van der Waals surface area contributed by atoms with Gasteiger partial charge in [-0.2, -0.15) is 0 Å². The van der Waals surface area contributed by atoms with Crippen molar-refractivity contribution in [3.63, 3.8) is 0 Å². The molecule has 1 unspecified atom stereocenters. The molecule has 0 bridgehead atoms. The van der Waals surface area contributed by atoms with Gasteiger partial charge in [0.05, 0.1) is 5.60 Å². The molecule has 0 fully saturated rings. The molecule has 0 aliphatic rings. The molecule has 1 rings (SSSR count). The van der Waals surface area contributed by atoms with Crippen LogP contribution in [0.3, 0.4) is 0 Å². The van der Waals surface area contributed by atoms with Crippen LogP contribution >= 0.6 is 0 Å². The van der Waals surface area contributed by atoms with Crippen molar-refractivity contribution >= 4 is 0 Å². The Morgan fingerprint density at radius 1 is 1.33 bits per heavy atom. The van der Waals surface area contributed by atoms with Crippen LogP contribution in [0, 0.1) is 6.92 Å².